The molecule has 1 saturated carbocycles. The third-order valence-electron chi connectivity index (χ3n) is 5.29. The van der Waals surface area contributed by atoms with Crippen molar-refractivity contribution >= 4 is 17.8 Å². The number of carbonyl (C=O) groups excluding carboxylic acids is 3. The van der Waals surface area contributed by atoms with Gasteiger partial charge in [-0.05, 0) is 45.7 Å². The molecule has 7 nitrogen and oxygen atoms in total. The Bertz CT molecular complexity index is 519. The van der Waals surface area contributed by atoms with Crippen molar-refractivity contribution in [1.82, 2.24) is 20.0 Å². The zero-order chi connectivity index (χ0) is 16.2. The lowest BCUT2D eigenvalue weighted by atomic mass is 10.0. The summed E-state index contributed by atoms with van der Waals surface area (Å²) in [5.74, 6) is 1.50. The van der Waals surface area contributed by atoms with Gasteiger partial charge in [-0.1, -0.05) is 0 Å². The summed E-state index contributed by atoms with van der Waals surface area (Å²) in [4.78, 5) is 41.3. The third kappa shape index (κ3) is 2.37. The van der Waals surface area contributed by atoms with Gasteiger partial charge in [0.15, 0.2) is 0 Å². The van der Waals surface area contributed by atoms with Crippen LogP contribution in [0.1, 0.15) is 13.8 Å². The smallest absolute Gasteiger partial charge is 0.325 e. The van der Waals surface area contributed by atoms with Gasteiger partial charge in [-0.15, -0.1) is 0 Å². The van der Waals surface area contributed by atoms with Crippen LogP contribution in [0.25, 0.3) is 0 Å². The largest absolute Gasteiger partial charge is 0.341 e. The molecule has 0 aromatic carbocycles. The van der Waals surface area contributed by atoms with Crippen LogP contribution in [0, 0.1) is 17.8 Å². The molecule has 0 aromatic heterocycles. The van der Waals surface area contributed by atoms with Crippen LogP contribution in [0.4, 0.5) is 4.79 Å². The van der Waals surface area contributed by atoms with Gasteiger partial charge in [-0.3, -0.25) is 14.9 Å². The van der Waals surface area contributed by atoms with Gasteiger partial charge in [0.25, 0.3) is 5.91 Å². The number of amides is 4. The van der Waals surface area contributed by atoms with Crippen molar-refractivity contribution in [1.29, 1.82) is 0 Å². The number of piperidine rings is 1. The maximum atomic E-state index is 12.4. The van der Waals surface area contributed by atoms with Gasteiger partial charge < -0.3 is 14.7 Å². The van der Waals surface area contributed by atoms with Gasteiger partial charge in [0, 0.05) is 19.6 Å². The lowest BCUT2D eigenvalue weighted by molar-refractivity contribution is -0.133. The SMILES string of the molecule is CN(C)CC1[C@H]2CN(C(=O)CN3C(=O)NC(=O)C3(C)C)C[C@@H]12. The first-order valence-corrected chi connectivity index (χ1v) is 7.77. The Morgan fingerprint density at radius 3 is 2.32 bits per heavy atom. The van der Waals surface area contributed by atoms with Crippen molar-refractivity contribution in [2.75, 3.05) is 40.3 Å². The zero-order valence-electron chi connectivity index (χ0n) is 13.6. The summed E-state index contributed by atoms with van der Waals surface area (Å²) in [5, 5.41) is 2.27. The van der Waals surface area contributed by atoms with Crippen LogP contribution in [0.3, 0.4) is 0 Å². The Morgan fingerprint density at radius 1 is 1.27 bits per heavy atom. The number of carbonyl (C=O) groups is 3. The number of imide groups is 1. The highest BCUT2D eigenvalue weighted by Gasteiger charge is 2.56. The Morgan fingerprint density at radius 2 is 1.86 bits per heavy atom. The fourth-order valence-electron chi connectivity index (χ4n) is 3.74. The topological polar surface area (TPSA) is 73.0 Å². The van der Waals surface area contributed by atoms with E-state index in [0.717, 1.165) is 19.6 Å². The van der Waals surface area contributed by atoms with Crippen LogP contribution in [0.15, 0.2) is 0 Å². The maximum absolute atomic E-state index is 12.4. The molecule has 2 saturated heterocycles. The predicted molar refractivity (Wildman–Crippen MR) is 79.9 cm³/mol. The quantitative estimate of drug-likeness (QED) is 0.716. The van der Waals surface area contributed by atoms with E-state index >= 15 is 0 Å². The summed E-state index contributed by atoms with van der Waals surface area (Å²) in [6.45, 7) is 5.94. The van der Waals surface area contributed by atoms with E-state index in [1.165, 1.54) is 4.90 Å². The van der Waals surface area contributed by atoms with Gasteiger partial charge in [0.2, 0.25) is 5.91 Å². The van der Waals surface area contributed by atoms with Crippen LogP contribution in [-0.4, -0.2) is 78.4 Å². The van der Waals surface area contributed by atoms with E-state index in [2.05, 4.69) is 24.3 Å². The molecule has 2 aliphatic heterocycles. The average Bonchev–Trinajstić information content (AvgIpc) is 2.80. The van der Waals surface area contributed by atoms with Gasteiger partial charge in [-0.2, -0.15) is 0 Å². The summed E-state index contributed by atoms with van der Waals surface area (Å²) >= 11 is 0. The van der Waals surface area contributed by atoms with Crippen molar-refractivity contribution in [3.63, 3.8) is 0 Å². The summed E-state index contributed by atoms with van der Waals surface area (Å²) < 4.78 is 0. The molecule has 1 N–H and O–H groups in total. The summed E-state index contributed by atoms with van der Waals surface area (Å²) in [5.41, 5.74) is -0.956. The van der Waals surface area contributed by atoms with Crippen LogP contribution in [0.2, 0.25) is 0 Å². The van der Waals surface area contributed by atoms with Crippen molar-refractivity contribution < 1.29 is 14.4 Å². The predicted octanol–water partition coefficient (Wildman–Crippen LogP) is -0.417. The minimum Gasteiger partial charge on any atom is -0.341 e. The number of likely N-dealkylation sites (tertiary alicyclic amines) is 1. The molecule has 1 unspecified atom stereocenters. The molecule has 22 heavy (non-hydrogen) atoms. The minimum absolute atomic E-state index is 0.0254. The molecule has 3 fully saturated rings. The fraction of sp³-hybridized carbons (Fsp3) is 0.800. The van der Waals surface area contributed by atoms with Crippen molar-refractivity contribution in [2.24, 2.45) is 17.8 Å². The molecule has 0 radical (unpaired) electrons. The second-order valence-electron chi connectivity index (χ2n) is 7.46. The normalized spacial score (nSPS) is 32.5. The second-order valence-corrected chi connectivity index (χ2v) is 7.46. The van der Waals surface area contributed by atoms with Gasteiger partial charge in [-0.25, -0.2) is 4.79 Å². The van der Waals surface area contributed by atoms with Crippen LogP contribution in [0.5, 0.6) is 0 Å². The lowest BCUT2D eigenvalue weighted by Crippen LogP contribution is -2.49. The Kier molecular flexibility index (Phi) is 3.43. The number of hydrogen-bond donors (Lipinski definition) is 1. The Hall–Kier alpha value is -1.63. The summed E-state index contributed by atoms with van der Waals surface area (Å²) in [6.07, 6.45) is 0. The van der Waals surface area contributed by atoms with E-state index in [0.29, 0.717) is 17.8 Å². The van der Waals surface area contributed by atoms with Crippen molar-refractivity contribution in [2.45, 2.75) is 19.4 Å². The zero-order valence-corrected chi connectivity index (χ0v) is 13.6. The van der Waals surface area contributed by atoms with Gasteiger partial charge >= 0.3 is 6.03 Å². The molecule has 1 aliphatic carbocycles. The van der Waals surface area contributed by atoms with E-state index in [9.17, 15) is 14.4 Å². The number of rotatable bonds is 4. The van der Waals surface area contributed by atoms with E-state index < -0.39 is 11.6 Å². The van der Waals surface area contributed by atoms with E-state index in [1.54, 1.807) is 13.8 Å². The fourth-order valence-corrected chi connectivity index (χ4v) is 3.74. The third-order valence-corrected chi connectivity index (χ3v) is 5.29. The molecule has 0 bridgehead atoms. The van der Waals surface area contributed by atoms with Crippen molar-refractivity contribution in [3.05, 3.63) is 0 Å². The first-order chi connectivity index (χ1) is 10.2. The lowest BCUT2D eigenvalue weighted by Gasteiger charge is -2.29. The molecule has 2 heterocycles. The van der Waals surface area contributed by atoms with Crippen LogP contribution in [-0.2, 0) is 9.59 Å². The van der Waals surface area contributed by atoms with Crippen molar-refractivity contribution in [3.8, 4) is 0 Å². The molecule has 7 heteroatoms. The first kappa shape index (κ1) is 15.3. The van der Waals surface area contributed by atoms with Gasteiger partial charge in [0.05, 0.1) is 0 Å². The maximum Gasteiger partial charge on any atom is 0.325 e. The molecular weight excluding hydrogens is 284 g/mol. The van der Waals surface area contributed by atoms with E-state index in [4.69, 9.17) is 0 Å². The highest BCUT2D eigenvalue weighted by Crippen LogP contribution is 2.51. The molecule has 122 valence electrons. The monoisotopic (exact) mass is 308 g/mol. The van der Waals surface area contributed by atoms with Crippen LogP contribution < -0.4 is 5.32 Å². The Balaban J connectivity index is 1.55. The molecule has 4 amide bonds. The molecule has 3 atom stereocenters. The number of nitrogens with zero attached hydrogens (tertiary/aromatic N) is 3. The summed E-state index contributed by atoms with van der Waals surface area (Å²) in [6, 6.07) is -0.474. The second kappa shape index (κ2) is 4.94. The molecule has 0 spiro atoms. The first-order valence-electron chi connectivity index (χ1n) is 7.77. The number of urea groups is 1. The average molecular weight is 308 g/mol. The molecular formula is C15H24N4O3. The highest BCUT2D eigenvalue weighted by atomic mass is 16.2. The van der Waals surface area contributed by atoms with E-state index in [1.807, 2.05) is 4.90 Å². The highest BCUT2D eigenvalue weighted by molar-refractivity contribution is 6.07. The number of fused-ring (bicyclic) bond motifs is 1. The number of hydrogen-bond acceptors (Lipinski definition) is 4. The Labute approximate surface area is 130 Å². The molecule has 3 aliphatic rings. The summed E-state index contributed by atoms with van der Waals surface area (Å²) in [7, 11) is 4.14. The standard InChI is InChI=1S/C15H24N4O3/c1-15(2)13(21)16-14(22)19(15)8-12(20)18-6-10-9(5-17(3)4)11(10)7-18/h9-11H,5-8H2,1-4H3,(H,16,21,22)/t9?,10-,11+. The minimum atomic E-state index is -0.956. The molecule has 3 rings (SSSR count). The van der Waals surface area contributed by atoms with E-state index in [-0.39, 0.29) is 18.4 Å². The van der Waals surface area contributed by atoms with Gasteiger partial charge in [0.1, 0.15) is 12.1 Å². The van der Waals surface area contributed by atoms with Crippen LogP contribution >= 0.6 is 0 Å². The number of nitrogens with one attached hydrogen (secondary N) is 1. The molecule has 0 aromatic rings.